The molecule has 0 saturated carbocycles. The lowest BCUT2D eigenvalue weighted by atomic mass is 9.68. The summed E-state index contributed by atoms with van der Waals surface area (Å²) in [5.74, 6) is 0.249. The molecule has 0 amide bonds. The van der Waals surface area contributed by atoms with Crippen LogP contribution in [0.4, 0.5) is 0 Å². The molecule has 0 aliphatic heterocycles. The van der Waals surface area contributed by atoms with Gasteiger partial charge in [0.15, 0.2) is 0 Å². The number of rotatable bonds is 9. The van der Waals surface area contributed by atoms with Crippen LogP contribution in [-0.4, -0.2) is 20.4 Å². The van der Waals surface area contributed by atoms with Crippen LogP contribution in [0.1, 0.15) is 34.1 Å². The molecular weight excluding hydrogens is 665 g/mol. The molecule has 262 valence electrons. The highest BCUT2D eigenvalue weighted by Crippen LogP contribution is 2.52. The molecule has 0 aliphatic rings. The molecule has 0 unspecified atom stereocenters. The van der Waals surface area contributed by atoms with Crippen molar-refractivity contribution < 1.29 is 20.4 Å². The van der Waals surface area contributed by atoms with E-state index < -0.39 is 0 Å². The second kappa shape index (κ2) is 14.9. The summed E-state index contributed by atoms with van der Waals surface area (Å²) in [5, 5.41) is 41.2. The number of aromatic hydroxyl groups is 4. The van der Waals surface area contributed by atoms with Crippen LogP contribution in [0.5, 0.6) is 23.0 Å². The highest BCUT2D eigenvalue weighted by Gasteiger charge is 2.34. The highest BCUT2D eigenvalue weighted by atomic mass is 16.3. The summed E-state index contributed by atoms with van der Waals surface area (Å²) in [6.07, 6.45) is 0. The van der Waals surface area contributed by atoms with E-state index in [1.165, 1.54) is 0 Å². The number of benzene rings is 8. The van der Waals surface area contributed by atoms with E-state index in [-0.39, 0.29) is 34.8 Å². The molecule has 4 nitrogen and oxygen atoms in total. The number of phenolic OH excluding ortho intramolecular Hbond substituents is 4. The van der Waals surface area contributed by atoms with E-state index in [4.69, 9.17) is 0 Å². The van der Waals surface area contributed by atoms with Crippen molar-refractivity contribution >= 4 is 0 Å². The Morgan fingerprint density at radius 1 is 0.222 bits per heavy atom. The van der Waals surface area contributed by atoms with Gasteiger partial charge in [0.2, 0.25) is 0 Å². The first kappa shape index (κ1) is 34.1. The van der Waals surface area contributed by atoms with Crippen molar-refractivity contribution in [2.24, 2.45) is 0 Å². The third-order valence-electron chi connectivity index (χ3n) is 10.2. The summed E-state index contributed by atoms with van der Waals surface area (Å²) < 4.78 is 0. The van der Waals surface area contributed by atoms with Crippen molar-refractivity contribution in [1.29, 1.82) is 0 Å². The average Bonchev–Trinajstić information content (AvgIpc) is 3.21. The molecule has 8 rings (SSSR count). The third kappa shape index (κ3) is 6.81. The van der Waals surface area contributed by atoms with Crippen molar-refractivity contribution in [3.05, 3.63) is 216 Å². The zero-order valence-corrected chi connectivity index (χ0v) is 29.4. The summed E-state index contributed by atoms with van der Waals surface area (Å²) in [4.78, 5) is 0. The molecule has 0 radical (unpaired) electrons. The normalized spacial score (nSPS) is 11.2. The van der Waals surface area contributed by atoms with Gasteiger partial charge in [-0.1, -0.05) is 146 Å². The SMILES string of the molecule is Oc1ccc(-c2ccccc2C(c2ccccc2-c2ccc(O)cc2)C(c2ccccc2-c2ccc(O)cc2)c2ccccc2-c2ccc(O)cc2)cc1. The van der Waals surface area contributed by atoms with Crippen molar-refractivity contribution in [3.63, 3.8) is 0 Å². The van der Waals surface area contributed by atoms with Gasteiger partial charge in [-0.3, -0.25) is 0 Å². The van der Waals surface area contributed by atoms with Crippen molar-refractivity contribution in [3.8, 4) is 67.5 Å². The van der Waals surface area contributed by atoms with E-state index >= 15 is 0 Å². The first-order chi connectivity index (χ1) is 26.4. The lowest BCUT2D eigenvalue weighted by Gasteiger charge is -2.35. The summed E-state index contributed by atoms with van der Waals surface area (Å²) in [5.41, 5.74) is 12.5. The molecule has 8 aromatic rings. The fourth-order valence-corrected chi connectivity index (χ4v) is 7.74. The first-order valence-electron chi connectivity index (χ1n) is 18.0. The Bertz CT molecular complexity index is 2160. The van der Waals surface area contributed by atoms with E-state index in [0.29, 0.717) is 0 Å². The quantitative estimate of drug-likeness (QED) is 0.121. The maximum absolute atomic E-state index is 10.3. The minimum Gasteiger partial charge on any atom is -0.508 e. The van der Waals surface area contributed by atoms with Crippen molar-refractivity contribution in [2.75, 3.05) is 0 Å². The van der Waals surface area contributed by atoms with Gasteiger partial charge in [-0.15, -0.1) is 0 Å². The molecular formula is C50H38O4. The molecule has 54 heavy (non-hydrogen) atoms. The summed E-state index contributed by atoms with van der Waals surface area (Å²) in [7, 11) is 0. The van der Waals surface area contributed by atoms with Gasteiger partial charge in [-0.05, 0) is 115 Å². The van der Waals surface area contributed by atoms with Crippen LogP contribution in [0.2, 0.25) is 0 Å². The van der Waals surface area contributed by atoms with Crippen molar-refractivity contribution in [2.45, 2.75) is 11.8 Å². The molecule has 0 heterocycles. The van der Waals surface area contributed by atoms with E-state index in [9.17, 15) is 20.4 Å². The Kier molecular flexibility index (Phi) is 9.40. The van der Waals surface area contributed by atoms with Crippen molar-refractivity contribution in [1.82, 2.24) is 0 Å². The van der Waals surface area contributed by atoms with Crippen LogP contribution in [0.25, 0.3) is 44.5 Å². The van der Waals surface area contributed by atoms with Gasteiger partial charge in [-0.25, -0.2) is 0 Å². The Balaban J connectivity index is 1.50. The van der Waals surface area contributed by atoms with Gasteiger partial charge in [0.05, 0.1) is 0 Å². The zero-order chi connectivity index (χ0) is 37.0. The smallest absolute Gasteiger partial charge is 0.115 e. The molecule has 0 aromatic heterocycles. The van der Waals surface area contributed by atoms with E-state index in [1.54, 1.807) is 48.5 Å². The molecule has 0 bridgehead atoms. The topological polar surface area (TPSA) is 80.9 Å². The van der Waals surface area contributed by atoms with Gasteiger partial charge in [0, 0.05) is 11.8 Å². The Morgan fingerprint density at radius 3 is 0.611 bits per heavy atom. The number of phenols is 4. The van der Waals surface area contributed by atoms with Crippen LogP contribution < -0.4 is 0 Å². The largest absolute Gasteiger partial charge is 0.508 e. The molecule has 4 N–H and O–H groups in total. The van der Waals surface area contributed by atoms with Crippen LogP contribution in [0.15, 0.2) is 194 Å². The fraction of sp³-hybridized carbons (Fsp3) is 0.0400. The maximum atomic E-state index is 10.3. The van der Waals surface area contributed by atoms with Crippen LogP contribution in [0, 0.1) is 0 Å². The average molecular weight is 703 g/mol. The predicted octanol–water partition coefficient (Wildman–Crippen LogP) is 12.1. The molecule has 0 aliphatic carbocycles. The lowest BCUT2D eigenvalue weighted by Crippen LogP contribution is -2.18. The van der Waals surface area contributed by atoms with E-state index in [1.807, 2.05) is 48.5 Å². The molecule has 0 fully saturated rings. The molecule has 0 saturated heterocycles. The molecule has 0 atom stereocenters. The van der Waals surface area contributed by atoms with E-state index in [2.05, 4.69) is 97.1 Å². The molecule has 8 aromatic carbocycles. The lowest BCUT2D eigenvalue weighted by molar-refractivity contribution is 0.475. The summed E-state index contributed by atoms with van der Waals surface area (Å²) >= 11 is 0. The summed E-state index contributed by atoms with van der Waals surface area (Å²) in [6, 6.07) is 63.5. The minimum absolute atomic E-state index is 0.203. The van der Waals surface area contributed by atoms with Crippen LogP contribution in [0.3, 0.4) is 0 Å². The molecule has 0 spiro atoms. The standard InChI is InChI=1S/C50H38O4/c51-37-25-17-33(18-26-37)41-9-1-5-13-45(41)49(46-14-6-2-10-42(46)34-19-27-38(52)28-20-34)50(47-15-7-3-11-43(47)35-21-29-39(53)30-22-35)48-16-8-4-12-44(48)36-23-31-40(54)32-24-36/h1-32,49-54H. The van der Waals surface area contributed by atoms with Gasteiger partial charge in [0.25, 0.3) is 0 Å². The monoisotopic (exact) mass is 702 g/mol. The van der Waals surface area contributed by atoms with Gasteiger partial charge < -0.3 is 20.4 Å². The maximum Gasteiger partial charge on any atom is 0.115 e. The Hall–Kier alpha value is -7.04. The number of hydrogen-bond donors (Lipinski definition) is 4. The Morgan fingerprint density at radius 2 is 0.407 bits per heavy atom. The van der Waals surface area contributed by atoms with Gasteiger partial charge >= 0.3 is 0 Å². The number of hydrogen-bond acceptors (Lipinski definition) is 4. The van der Waals surface area contributed by atoms with Crippen LogP contribution in [-0.2, 0) is 0 Å². The fourth-order valence-electron chi connectivity index (χ4n) is 7.74. The minimum atomic E-state index is -0.281. The third-order valence-corrected chi connectivity index (χ3v) is 10.2. The second-order valence-corrected chi connectivity index (χ2v) is 13.5. The zero-order valence-electron chi connectivity index (χ0n) is 29.4. The predicted molar refractivity (Wildman–Crippen MR) is 218 cm³/mol. The Labute approximate surface area is 315 Å². The molecule has 4 heteroatoms. The highest BCUT2D eigenvalue weighted by molar-refractivity contribution is 5.79. The first-order valence-corrected chi connectivity index (χ1v) is 18.0. The van der Waals surface area contributed by atoms with E-state index in [0.717, 1.165) is 66.8 Å². The second-order valence-electron chi connectivity index (χ2n) is 13.5. The van der Waals surface area contributed by atoms with Gasteiger partial charge in [-0.2, -0.15) is 0 Å². The summed E-state index contributed by atoms with van der Waals surface area (Å²) in [6.45, 7) is 0. The van der Waals surface area contributed by atoms with Crippen LogP contribution >= 0.6 is 0 Å². The van der Waals surface area contributed by atoms with Gasteiger partial charge in [0.1, 0.15) is 23.0 Å².